The number of para-hydroxylation sites is 1. The Balaban J connectivity index is 1.19. The molecule has 12 rings (SSSR count). The number of fused-ring (bicyclic) bond motifs is 10. The molecule has 55 heavy (non-hydrogen) atoms. The zero-order valence-electron chi connectivity index (χ0n) is 29.6. The fourth-order valence-corrected chi connectivity index (χ4v) is 10.4. The van der Waals surface area contributed by atoms with Crippen LogP contribution in [-0.4, -0.2) is 14.5 Å². The number of hydrogen-bond donors (Lipinski definition) is 0. The van der Waals surface area contributed by atoms with Crippen LogP contribution < -0.4 is 0 Å². The van der Waals surface area contributed by atoms with E-state index in [1.165, 1.54) is 59.6 Å². The van der Waals surface area contributed by atoms with Crippen LogP contribution >= 0.6 is 11.3 Å². The van der Waals surface area contributed by atoms with E-state index in [0.717, 1.165) is 43.8 Å². The summed E-state index contributed by atoms with van der Waals surface area (Å²) in [5, 5.41) is 5.96. The normalized spacial score (nSPS) is 13.2. The molecule has 11 aromatic rings. The van der Waals surface area contributed by atoms with Crippen LogP contribution in [0.25, 0.3) is 81.2 Å². The van der Waals surface area contributed by atoms with Gasteiger partial charge in [0, 0.05) is 26.4 Å². The third kappa shape index (κ3) is 4.26. The van der Waals surface area contributed by atoms with E-state index < -0.39 is 5.41 Å². The second-order valence-electron chi connectivity index (χ2n) is 14.5. The molecule has 0 spiro atoms. The first-order valence-corrected chi connectivity index (χ1v) is 19.6. The zero-order valence-corrected chi connectivity index (χ0v) is 30.5. The highest BCUT2D eigenvalue weighted by Crippen LogP contribution is 2.56. The smallest absolute Gasteiger partial charge is 0.165 e. The van der Waals surface area contributed by atoms with Crippen molar-refractivity contribution in [2.24, 2.45) is 0 Å². The summed E-state index contributed by atoms with van der Waals surface area (Å²) in [6.45, 7) is 0. The lowest BCUT2D eigenvalue weighted by Gasteiger charge is -2.33. The molecule has 3 nitrogen and oxygen atoms in total. The summed E-state index contributed by atoms with van der Waals surface area (Å²) in [5.41, 5.74) is 12.1. The molecule has 1 aliphatic carbocycles. The van der Waals surface area contributed by atoms with Gasteiger partial charge in [-0.1, -0.05) is 158 Å². The summed E-state index contributed by atoms with van der Waals surface area (Å²) >= 11 is 1.71. The van der Waals surface area contributed by atoms with Gasteiger partial charge in [-0.2, -0.15) is 0 Å². The number of nitrogens with zero attached hydrogens (tertiary/aromatic N) is 3. The Bertz CT molecular complexity index is 3280. The van der Waals surface area contributed by atoms with Crippen LogP contribution in [-0.2, 0) is 5.41 Å². The van der Waals surface area contributed by atoms with Gasteiger partial charge in [-0.05, 0) is 74.5 Å². The predicted molar refractivity (Wildman–Crippen MR) is 230 cm³/mol. The Hall–Kier alpha value is -6.88. The largest absolute Gasteiger partial charge is 0.292 e. The first kappa shape index (κ1) is 30.6. The van der Waals surface area contributed by atoms with Crippen molar-refractivity contribution >= 4 is 64.3 Å². The molecule has 0 N–H and O–H groups in total. The fourth-order valence-electron chi connectivity index (χ4n) is 9.34. The average Bonchev–Trinajstić information content (AvgIpc) is 3.88. The maximum Gasteiger partial charge on any atom is 0.165 e. The van der Waals surface area contributed by atoms with Gasteiger partial charge < -0.3 is 0 Å². The predicted octanol–water partition coefficient (Wildman–Crippen LogP) is 13.1. The lowest BCUT2D eigenvalue weighted by Crippen LogP contribution is -2.28. The Morgan fingerprint density at radius 1 is 0.455 bits per heavy atom. The van der Waals surface area contributed by atoms with E-state index in [-0.39, 0.29) is 0 Å². The highest BCUT2D eigenvalue weighted by Gasteiger charge is 2.46. The summed E-state index contributed by atoms with van der Waals surface area (Å²) < 4.78 is 3.54. The quantitative estimate of drug-likeness (QED) is 0.181. The Morgan fingerprint density at radius 3 is 1.89 bits per heavy atom. The number of hydrogen-bond acceptors (Lipinski definition) is 3. The Morgan fingerprint density at radius 2 is 1.09 bits per heavy atom. The first-order chi connectivity index (χ1) is 27.3. The second-order valence-corrected chi connectivity index (χ2v) is 15.5. The van der Waals surface area contributed by atoms with Gasteiger partial charge in [-0.3, -0.25) is 4.57 Å². The molecule has 0 atom stereocenters. The van der Waals surface area contributed by atoms with Crippen LogP contribution in [0.15, 0.2) is 188 Å². The van der Waals surface area contributed by atoms with E-state index in [9.17, 15) is 0 Å². The van der Waals surface area contributed by atoms with Crippen LogP contribution in [0, 0.1) is 0 Å². The van der Waals surface area contributed by atoms with Crippen LogP contribution in [0.2, 0.25) is 0 Å². The molecular weight excluding hydrogens is 687 g/mol. The van der Waals surface area contributed by atoms with Crippen molar-refractivity contribution in [3.8, 4) is 28.2 Å². The first-order valence-electron chi connectivity index (χ1n) is 18.7. The third-order valence-corrected chi connectivity index (χ3v) is 12.7. The molecule has 3 heterocycles. The zero-order chi connectivity index (χ0) is 36.1. The molecule has 0 aliphatic heterocycles. The molecule has 0 radical (unpaired) electrons. The van der Waals surface area contributed by atoms with E-state index in [2.05, 4.69) is 193 Å². The third-order valence-electron chi connectivity index (χ3n) is 11.7. The Labute approximate surface area is 321 Å². The van der Waals surface area contributed by atoms with E-state index in [4.69, 9.17) is 9.97 Å². The molecule has 0 unspecified atom stereocenters. The van der Waals surface area contributed by atoms with Gasteiger partial charge in [-0.25, -0.2) is 9.97 Å². The maximum absolute atomic E-state index is 5.64. The van der Waals surface area contributed by atoms with Crippen molar-refractivity contribution in [2.45, 2.75) is 5.41 Å². The SMILES string of the molecule is c1ccc(C2(c3ccccc3)c3ccccc3-c3cc(-c4nc5sc6ccccc6c5nc4-n4c5ccccc5c5cc6ccccc6cc54)ccc32)cc1. The minimum atomic E-state index is -0.467. The monoisotopic (exact) mass is 717 g/mol. The Kier molecular flexibility index (Phi) is 6.42. The minimum Gasteiger partial charge on any atom is -0.292 e. The molecule has 0 saturated heterocycles. The van der Waals surface area contributed by atoms with Crippen LogP contribution in [0.4, 0.5) is 0 Å². The van der Waals surface area contributed by atoms with Crippen LogP contribution in [0.3, 0.4) is 0 Å². The standard InChI is InChI=1S/C51H31N3S/c1-3-17-35(18-4-1)51(36-19-5-2-6-20-36)42-24-12-9-21-37(42)40-30-34(27-28-43(40)51)47-49(52-48-39-23-11-14-26-46(39)55-50(48)53-47)54-44-25-13-10-22-38(44)41-29-32-15-7-8-16-33(32)31-45(41)54/h1-31H. The summed E-state index contributed by atoms with van der Waals surface area (Å²) in [4.78, 5) is 12.2. The molecule has 8 aromatic carbocycles. The van der Waals surface area contributed by atoms with Crippen molar-refractivity contribution in [1.82, 2.24) is 14.5 Å². The van der Waals surface area contributed by atoms with Crippen LogP contribution in [0.1, 0.15) is 22.3 Å². The number of aromatic nitrogens is 3. The van der Waals surface area contributed by atoms with Crippen molar-refractivity contribution in [2.75, 3.05) is 0 Å². The molecule has 4 heteroatoms. The molecule has 0 amide bonds. The van der Waals surface area contributed by atoms with Gasteiger partial charge in [-0.15, -0.1) is 11.3 Å². The highest BCUT2D eigenvalue weighted by molar-refractivity contribution is 7.25. The van der Waals surface area contributed by atoms with Gasteiger partial charge in [0.25, 0.3) is 0 Å². The maximum atomic E-state index is 5.64. The number of benzene rings is 8. The summed E-state index contributed by atoms with van der Waals surface area (Å²) in [6.07, 6.45) is 0. The molecule has 1 aliphatic rings. The van der Waals surface area contributed by atoms with Gasteiger partial charge in [0.2, 0.25) is 0 Å². The van der Waals surface area contributed by atoms with E-state index in [1.54, 1.807) is 11.3 Å². The van der Waals surface area contributed by atoms with Crippen molar-refractivity contribution < 1.29 is 0 Å². The lowest BCUT2D eigenvalue weighted by molar-refractivity contribution is 0.768. The van der Waals surface area contributed by atoms with Gasteiger partial charge in [0.15, 0.2) is 5.82 Å². The average molecular weight is 718 g/mol. The van der Waals surface area contributed by atoms with Gasteiger partial charge in [0.1, 0.15) is 16.0 Å². The molecule has 0 saturated carbocycles. The molecule has 256 valence electrons. The topological polar surface area (TPSA) is 30.7 Å². The van der Waals surface area contributed by atoms with Crippen molar-refractivity contribution in [1.29, 1.82) is 0 Å². The van der Waals surface area contributed by atoms with E-state index in [1.807, 2.05) is 0 Å². The number of thiophene rings is 1. The van der Waals surface area contributed by atoms with Crippen molar-refractivity contribution in [3.05, 3.63) is 210 Å². The summed E-state index contributed by atoms with van der Waals surface area (Å²) in [6, 6.07) is 68.4. The van der Waals surface area contributed by atoms with Crippen LogP contribution in [0.5, 0.6) is 0 Å². The molecule has 3 aromatic heterocycles. The minimum absolute atomic E-state index is 0.467. The lowest BCUT2D eigenvalue weighted by atomic mass is 9.67. The van der Waals surface area contributed by atoms with Crippen molar-refractivity contribution in [3.63, 3.8) is 0 Å². The molecule has 0 fully saturated rings. The van der Waals surface area contributed by atoms with Gasteiger partial charge in [0.05, 0.1) is 16.4 Å². The summed E-state index contributed by atoms with van der Waals surface area (Å²) in [5.74, 6) is 0.834. The highest BCUT2D eigenvalue weighted by atomic mass is 32.1. The molecular formula is C51H31N3S. The molecule has 0 bridgehead atoms. The second kappa shape index (κ2) is 11.6. The number of rotatable bonds is 4. The van der Waals surface area contributed by atoms with Gasteiger partial charge >= 0.3 is 0 Å². The van der Waals surface area contributed by atoms with E-state index >= 15 is 0 Å². The summed E-state index contributed by atoms with van der Waals surface area (Å²) in [7, 11) is 0. The fraction of sp³-hybridized carbons (Fsp3) is 0.0196. The van der Waals surface area contributed by atoms with E-state index in [0.29, 0.717) is 0 Å².